The molecule has 85 valence electrons. The van der Waals surface area contributed by atoms with Crippen molar-refractivity contribution in [2.24, 2.45) is 0 Å². The van der Waals surface area contributed by atoms with E-state index in [1.165, 1.54) is 6.07 Å². The molecule has 1 aromatic carbocycles. The number of fused-ring (bicyclic) bond motifs is 1. The van der Waals surface area contributed by atoms with Crippen molar-refractivity contribution in [3.8, 4) is 5.75 Å². The zero-order valence-electron chi connectivity index (χ0n) is 8.11. The Balaban J connectivity index is 0.00000128. The van der Waals surface area contributed by atoms with E-state index in [4.69, 9.17) is 9.47 Å². The van der Waals surface area contributed by atoms with Crippen molar-refractivity contribution in [2.45, 2.75) is 6.61 Å². The molecule has 0 fully saturated rings. The summed E-state index contributed by atoms with van der Waals surface area (Å²) in [7, 11) is 0. The third-order valence-electron chi connectivity index (χ3n) is 2.01. The fourth-order valence-electron chi connectivity index (χ4n) is 1.32. The van der Waals surface area contributed by atoms with Crippen LogP contribution in [0.3, 0.4) is 0 Å². The molecule has 16 heavy (non-hydrogen) atoms. The van der Waals surface area contributed by atoms with E-state index < -0.39 is 5.97 Å². The van der Waals surface area contributed by atoms with E-state index in [1.54, 1.807) is 12.1 Å². The fourth-order valence-corrected chi connectivity index (χ4v) is 1.32. The molecule has 4 nitrogen and oxygen atoms in total. The Hall–Kier alpha value is -1.48. The van der Waals surface area contributed by atoms with E-state index in [-0.39, 0.29) is 32.1 Å². The first kappa shape index (κ1) is 12.6. The minimum absolute atomic E-state index is 0. The van der Waals surface area contributed by atoms with Crippen LogP contribution in [0.15, 0.2) is 24.8 Å². The maximum Gasteiger partial charge on any atom is 0.338 e. The average molecular weight is 306 g/mol. The summed E-state index contributed by atoms with van der Waals surface area (Å²) in [5.74, 6) is -0.647. The monoisotopic (exact) mass is 306 g/mol. The molecule has 1 aliphatic rings. The topological polar surface area (TPSA) is 52.6 Å². The van der Waals surface area contributed by atoms with Crippen LogP contribution in [0.25, 0.3) is 0 Å². The molecule has 0 saturated carbocycles. The van der Waals surface area contributed by atoms with Crippen LogP contribution < -0.4 is 4.74 Å². The minimum atomic E-state index is -0.653. The molecule has 1 heterocycles. The van der Waals surface area contributed by atoms with Gasteiger partial charge in [0.1, 0.15) is 12.4 Å². The molecule has 0 unspecified atom stereocenters. The molecular weight excluding hydrogens is 299 g/mol. The van der Waals surface area contributed by atoms with Crippen LogP contribution in [0.1, 0.15) is 15.9 Å². The predicted octanol–water partition coefficient (Wildman–Crippen LogP) is 1.25. The second kappa shape index (κ2) is 5.04. The number of hydrogen-bond acceptors (Lipinski definition) is 4. The number of ether oxygens (including phenoxy) is 2. The number of carbonyl (C=O) groups excluding carboxylic acids is 2. The first-order valence-corrected chi connectivity index (χ1v) is 4.25. The standard InChI is InChI=1S/C11H7O4.Rh/c1-2-10(12)15-8-3-4-9-7(5-8)6-14-11(9)13;/h3-5H,1,6H2;/q-1;. The number of rotatable bonds is 2. The van der Waals surface area contributed by atoms with Gasteiger partial charge in [0.15, 0.2) is 5.97 Å². The number of cyclic esters (lactones) is 1. The van der Waals surface area contributed by atoms with E-state index in [9.17, 15) is 9.59 Å². The molecule has 0 atom stereocenters. The van der Waals surface area contributed by atoms with Gasteiger partial charge in [-0.25, -0.2) is 4.79 Å². The maximum absolute atomic E-state index is 11.1. The summed E-state index contributed by atoms with van der Waals surface area (Å²) >= 11 is 0. The molecule has 1 aliphatic heterocycles. The van der Waals surface area contributed by atoms with Gasteiger partial charge < -0.3 is 15.5 Å². The van der Waals surface area contributed by atoms with E-state index in [1.807, 2.05) is 0 Å². The van der Waals surface area contributed by atoms with Crippen LogP contribution in [0.2, 0.25) is 0 Å². The predicted molar refractivity (Wildman–Crippen MR) is 50.1 cm³/mol. The minimum Gasteiger partial charge on any atom is -0.457 e. The van der Waals surface area contributed by atoms with Crippen LogP contribution in [-0.4, -0.2) is 11.9 Å². The SMILES string of the molecule is C=[C-]C(=O)Oc1ccc2c(c1)COC2=O.[Rh]. The van der Waals surface area contributed by atoms with Crippen LogP contribution in [0.4, 0.5) is 0 Å². The number of esters is 2. The fraction of sp³-hybridized carbons (Fsp3) is 0.0909. The van der Waals surface area contributed by atoms with Gasteiger partial charge in [-0.3, -0.25) is 11.4 Å². The average Bonchev–Trinajstić information content (AvgIpc) is 2.60. The Morgan fingerprint density at radius 1 is 1.50 bits per heavy atom. The smallest absolute Gasteiger partial charge is 0.338 e. The van der Waals surface area contributed by atoms with Gasteiger partial charge >= 0.3 is 5.97 Å². The number of hydrogen-bond donors (Lipinski definition) is 0. The van der Waals surface area contributed by atoms with Crippen LogP contribution in [0.5, 0.6) is 5.75 Å². The Morgan fingerprint density at radius 2 is 2.25 bits per heavy atom. The molecule has 0 aromatic heterocycles. The van der Waals surface area contributed by atoms with Crippen molar-refractivity contribution in [3.05, 3.63) is 42.0 Å². The van der Waals surface area contributed by atoms with Gasteiger partial charge in [0.25, 0.3) is 0 Å². The van der Waals surface area contributed by atoms with E-state index in [0.29, 0.717) is 11.3 Å². The Labute approximate surface area is 105 Å². The van der Waals surface area contributed by atoms with Gasteiger partial charge in [-0.2, -0.15) is 0 Å². The van der Waals surface area contributed by atoms with Crippen molar-refractivity contribution in [3.63, 3.8) is 0 Å². The van der Waals surface area contributed by atoms with E-state index >= 15 is 0 Å². The van der Waals surface area contributed by atoms with E-state index in [0.717, 1.165) is 5.56 Å². The molecule has 0 bridgehead atoms. The molecule has 2 rings (SSSR count). The molecule has 0 N–H and O–H groups in total. The third-order valence-corrected chi connectivity index (χ3v) is 2.01. The van der Waals surface area contributed by atoms with Crippen LogP contribution in [0, 0.1) is 6.08 Å². The molecule has 5 heteroatoms. The molecule has 1 radical (unpaired) electrons. The van der Waals surface area contributed by atoms with Gasteiger partial charge in [0, 0.05) is 25.0 Å². The molecular formula is C11H7O4Rh-. The summed E-state index contributed by atoms with van der Waals surface area (Å²) in [6.45, 7) is 3.38. The summed E-state index contributed by atoms with van der Waals surface area (Å²) in [5.41, 5.74) is 1.23. The van der Waals surface area contributed by atoms with Gasteiger partial charge in [-0.05, 0) is 18.2 Å². The van der Waals surface area contributed by atoms with Gasteiger partial charge in [-0.1, -0.05) is 0 Å². The van der Waals surface area contributed by atoms with Crippen molar-refractivity contribution in [1.82, 2.24) is 0 Å². The summed E-state index contributed by atoms with van der Waals surface area (Å²) < 4.78 is 9.65. The zero-order chi connectivity index (χ0) is 10.8. The molecule has 0 spiro atoms. The summed E-state index contributed by atoms with van der Waals surface area (Å²) in [4.78, 5) is 22.0. The second-order valence-electron chi connectivity index (χ2n) is 2.96. The van der Waals surface area contributed by atoms with Crippen LogP contribution in [-0.2, 0) is 35.6 Å². The zero-order valence-corrected chi connectivity index (χ0v) is 9.75. The molecule has 0 aliphatic carbocycles. The Morgan fingerprint density at radius 3 is 2.94 bits per heavy atom. The first-order valence-electron chi connectivity index (χ1n) is 4.25. The molecule has 1 aromatic rings. The summed E-state index contributed by atoms with van der Waals surface area (Å²) in [5, 5.41) is 0. The third kappa shape index (κ3) is 2.36. The van der Waals surface area contributed by atoms with Crippen molar-refractivity contribution in [2.75, 3.05) is 0 Å². The number of benzene rings is 1. The quantitative estimate of drug-likeness (QED) is 0.271. The van der Waals surface area contributed by atoms with Crippen LogP contribution >= 0.6 is 0 Å². The Bertz CT molecular complexity index is 453. The first-order chi connectivity index (χ1) is 7.20. The van der Waals surface area contributed by atoms with Crippen molar-refractivity contribution < 1.29 is 38.5 Å². The Kier molecular flexibility index (Phi) is 3.96. The largest absolute Gasteiger partial charge is 0.457 e. The van der Waals surface area contributed by atoms with Crippen molar-refractivity contribution >= 4 is 11.9 Å². The maximum atomic E-state index is 11.1. The number of carbonyl (C=O) groups is 2. The summed E-state index contributed by atoms with van der Waals surface area (Å²) in [6.07, 6.45) is 2.08. The second-order valence-corrected chi connectivity index (χ2v) is 2.96. The van der Waals surface area contributed by atoms with E-state index in [2.05, 4.69) is 12.7 Å². The van der Waals surface area contributed by atoms with Crippen molar-refractivity contribution in [1.29, 1.82) is 0 Å². The van der Waals surface area contributed by atoms with Gasteiger partial charge in [-0.15, -0.1) is 0 Å². The molecule has 0 amide bonds. The summed E-state index contributed by atoms with van der Waals surface area (Å²) in [6, 6.07) is 4.69. The van der Waals surface area contributed by atoms with Gasteiger partial charge in [0.2, 0.25) is 0 Å². The normalized spacial score (nSPS) is 12.1. The van der Waals surface area contributed by atoms with Gasteiger partial charge in [0.05, 0.1) is 5.56 Å². The molecule has 0 saturated heterocycles.